The number of likely N-dealkylation sites (tertiary alicyclic amines) is 2. The maximum absolute atomic E-state index is 12.9. The quantitative estimate of drug-likeness (QED) is 0.815. The molecule has 1 aromatic rings. The molecule has 0 aliphatic carbocycles. The van der Waals surface area contributed by atoms with E-state index in [0.717, 1.165) is 11.3 Å². The van der Waals surface area contributed by atoms with Crippen LogP contribution >= 0.6 is 11.6 Å². The fourth-order valence-electron chi connectivity index (χ4n) is 4.12. The third kappa shape index (κ3) is 4.74. The molecule has 0 aromatic heterocycles. The highest BCUT2D eigenvalue weighted by molar-refractivity contribution is 6.31. The predicted molar refractivity (Wildman–Crippen MR) is 114 cm³/mol. The largest absolute Gasteiger partial charge is 0.342 e. The number of hydrogen-bond donors (Lipinski definition) is 1. The molecule has 0 bridgehead atoms. The third-order valence-corrected chi connectivity index (χ3v) is 6.40. The van der Waals surface area contributed by atoms with Crippen LogP contribution in [0.25, 0.3) is 0 Å². The molecule has 3 amide bonds. The average Bonchev–Trinajstić information content (AvgIpc) is 3.07. The van der Waals surface area contributed by atoms with Gasteiger partial charge in [0.05, 0.1) is 5.92 Å². The van der Waals surface area contributed by atoms with E-state index in [9.17, 15) is 14.4 Å². The molecular formula is C22H30ClN3O3. The Morgan fingerprint density at radius 2 is 1.79 bits per heavy atom. The number of rotatable bonds is 3. The van der Waals surface area contributed by atoms with E-state index in [1.165, 1.54) is 0 Å². The Morgan fingerprint density at radius 3 is 2.38 bits per heavy atom. The van der Waals surface area contributed by atoms with Crippen LogP contribution in [-0.4, -0.2) is 52.7 Å². The first kappa shape index (κ1) is 21.6. The number of anilines is 1. The van der Waals surface area contributed by atoms with Crippen LogP contribution in [0.3, 0.4) is 0 Å². The maximum Gasteiger partial charge on any atom is 0.227 e. The molecule has 0 saturated carbocycles. The SMILES string of the molecule is Cc1c(Cl)cccc1NC(=O)C1CCN(C(=O)C2CC(=O)N(C(C)(C)C)C2)CC1. The Labute approximate surface area is 177 Å². The van der Waals surface area contributed by atoms with Gasteiger partial charge in [0.15, 0.2) is 0 Å². The summed E-state index contributed by atoms with van der Waals surface area (Å²) in [5.41, 5.74) is 1.31. The van der Waals surface area contributed by atoms with Crippen LogP contribution in [0.1, 0.15) is 45.6 Å². The fraction of sp³-hybridized carbons (Fsp3) is 0.591. The van der Waals surface area contributed by atoms with Gasteiger partial charge >= 0.3 is 0 Å². The Balaban J connectivity index is 1.54. The molecule has 2 heterocycles. The second-order valence-corrected chi connectivity index (χ2v) is 9.48. The van der Waals surface area contributed by atoms with Gasteiger partial charge in [-0.15, -0.1) is 0 Å². The molecule has 6 nitrogen and oxygen atoms in total. The van der Waals surface area contributed by atoms with Crippen molar-refractivity contribution >= 4 is 35.0 Å². The lowest BCUT2D eigenvalue weighted by Gasteiger charge is -2.34. The van der Waals surface area contributed by atoms with Gasteiger partial charge in [-0.05, 0) is 58.2 Å². The zero-order chi connectivity index (χ0) is 21.3. The van der Waals surface area contributed by atoms with Gasteiger partial charge < -0.3 is 15.1 Å². The van der Waals surface area contributed by atoms with Gasteiger partial charge in [-0.25, -0.2) is 0 Å². The van der Waals surface area contributed by atoms with E-state index in [2.05, 4.69) is 5.32 Å². The van der Waals surface area contributed by atoms with Gasteiger partial charge in [0.2, 0.25) is 17.7 Å². The van der Waals surface area contributed by atoms with E-state index in [0.29, 0.717) is 37.5 Å². The smallest absolute Gasteiger partial charge is 0.227 e. The summed E-state index contributed by atoms with van der Waals surface area (Å²) in [4.78, 5) is 41.4. The van der Waals surface area contributed by atoms with Crippen LogP contribution in [0.15, 0.2) is 18.2 Å². The molecular weight excluding hydrogens is 390 g/mol. The molecule has 2 aliphatic rings. The van der Waals surface area contributed by atoms with Crippen LogP contribution in [0.2, 0.25) is 5.02 Å². The first-order chi connectivity index (χ1) is 13.6. The zero-order valence-electron chi connectivity index (χ0n) is 17.6. The molecule has 0 radical (unpaired) electrons. The number of nitrogens with one attached hydrogen (secondary N) is 1. The van der Waals surface area contributed by atoms with Crippen LogP contribution < -0.4 is 5.32 Å². The number of hydrogen-bond acceptors (Lipinski definition) is 3. The van der Waals surface area contributed by atoms with Crippen molar-refractivity contribution < 1.29 is 14.4 Å². The van der Waals surface area contributed by atoms with E-state index >= 15 is 0 Å². The number of carbonyl (C=O) groups excluding carboxylic acids is 3. The molecule has 3 rings (SSSR count). The van der Waals surface area contributed by atoms with Crippen molar-refractivity contribution in [1.29, 1.82) is 0 Å². The monoisotopic (exact) mass is 419 g/mol. The summed E-state index contributed by atoms with van der Waals surface area (Å²) in [6.07, 6.45) is 1.53. The van der Waals surface area contributed by atoms with Crippen LogP contribution in [0.5, 0.6) is 0 Å². The standard InChI is InChI=1S/C22H30ClN3O3/c1-14-17(23)6-5-7-18(14)24-20(28)15-8-10-25(11-9-15)21(29)16-12-19(27)26(13-16)22(2,3)4/h5-7,15-16H,8-13H2,1-4H3,(H,24,28). The number of nitrogens with zero attached hydrogens (tertiary/aromatic N) is 2. The van der Waals surface area contributed by atoms with Crippen molar-refractivity contribution in [3.63, 3.8) is 0 Å². The van der Waals surface area contributed by atoms with Crippen molar-refractivity contribution in [2.75, 3.05) is 25.0 Å². The highest BCUT2D eigenvalue weighted by Gasteiger charge is 2.41. The molecule has 2 aliphatic heterocycles. The summed E-state index contributed by atoms with van der Waals surface area (Å²) in [5, 5.41) is 3.59. The molecule has 2 fully saturated rings. The van der Waals surface area contributed by atoms with E-state index in [1.54, 1.807) is 11.0 Å². The van der Waals surface area contributed by atoms with Gasteiger partial charge in [0, 0.05) is 48.2 Å². The van der Waals surface area contributed by atoms with Gasteiger partial charge in [-0.2, -0.15) is 0 Å². The first-order valence-corrected chi connectivity index (χ1v) is 10.6. The molecule has 158 valence electrons. The molecule has 29 heavy (non-hydrogen) atoms. The number of carbonyl (C=O) groups is 3. The Bertz CT molecular complexity index is 810. The van der Waals surface area contributed by atoms with E-state index in [1.807, 2.05) is 44.7 Å². The fourth-order valence-corrected chi connectivity index (χ4v) is 4.29. The minimum atomic E-state index is -0.277. The summed E-state index contributed by atoms with van der Waals surface area (Å²) in [5.74, 6) is -0.357. The highest BCUT2D eigenvalue weighted by atomic mass is 35.5. The number of piperidine rings is 1. The van der Waals surface area contributed by atoms with Gasteiger partial charge in [-0.3, -0.25) is 14.4 Å². The van der Waals surface area contributed by atoms with Crippen LogP contribution in [0.4, 0.5) is 5.69 Å². The lowest BCUT2D eigenvalue weighted by Crippen LogP contribution is -2.46. The Hall–Kier alpha value is -2.08. The topological polar surface area (TPSA) is 69.7 Å². The van der Waals surface area contributed by atoms with Crippen molar-refractivity contribution in [1.82, 2.24) is 9.80 Å². The number of amides is 3. The number of halogens is 1. The predicted octanol–water partition coefficient (Wildman–Crippen LogP) is 3.47. The second-order valence-electron chi connectivity index (χ2n) is 9.08. The van der Waals surface area contributed by atoms with Crippen molar-refractivity contribution in [3.8, 4) is 0 Å². The molecule has 1 unspecified atom stereocenters. The minimum absolute atomic E-state index is 0.0302. The molecule has 1 aromatic carbocycles. The van der Waals surface area contributed by atoms with E-state index in [4.69, 9.17) is 11.6 Å². The summed E-state index contributed by atoms with van der Waals surface area (Å²) in [7, 11) is 0. The molecule has 0 spiro atoms. The summed E-state index contributed by atoms with van der Waals surface area (Å²) in [6, 6.07) is 5.46. The second kappa shape index (κ2) is 8.34. The lowest BCUT2D eigenvalue weighted by molar-refractivity contribution is -0.138. The molecule has 1 N–H and O–H groups in total. The van der Waals surface area contributed by atoms with Gasteiger partial charge in [0.1, 0.15) is 0 Å². The third-order valence-electron chi connectivity index (χ3n) is 5.99. The van der Waals surface area contributed by atoms with E-state index < -0.39 is 0 Å². The maximum atomic E-state index is 12.9. The number of benzene rings is 1. The first-order valence-electron chi connectivity index (χ1n) is 10.2. The van der Waals surface area contributed by atoms with Crippen molar-refractivity contribution in [2.24, 2.45) is 11.8 Å². The van der Waals surface area contributed by atoms with Gasteiger partial charge in [-0.1, -0.05) is 17.7 Å². The molecule has 1 atom stereocenters. The highest BCUT2D eigenvalue weighted by Crippen LogP contribution is 2.29. The molecule has 7 heteroatoms. The van der Waals surface area contributed by atoms with Crippen LogP contribution in [-0.2, 0) is 14.4 Å². The van der Waals surface area contributed by atoms with E-state index in [-0.39, 0.29) is 41.5 Å². The summed E-state index contributed by atoms with van der Waals surface area (Å²) in [6.45, 7) is 9.42. The van der Waals surface area contributed by atoms with Gasteiger partial charge in [0.25, 0.3) is 0 Å². The Morgan fingerprint density at radius 1 is 1.14 bits per heavy atom. The van der Waals surface area contributed by atoms with Crippen molar-refractivity contribution in [2.45, 2.75) is 52.5 Å². The normalized spacial score (nSPS) is 20.9. The summed E-state index contributed by atoms with van der Waals surface area (Å²) < 4.78 is 0. The van der Waals surface area contributed by atoms with Crippen LogP contribution in [0, 0.1) is 18.8 Å². The van der Waals surface area contributed by atoms with Crippen molar-refractivity contribution in [3.05, 3.63) is 28.8 Å². The summed E-state index contributed by atoms with van der Waals surface area (Å²) >= 11 is 6.12. The average molecular weight is 420 g/mol. The zero-order valence-corrected chi connectivity index (χ0v) is 18.4. The lowest BCUT2D eigenvalue weighted by atomic mass is 9.94. The molecule has 2 saturated heterocycles. The Kier molecular flexibility index (Phi) is 6.22. The minimum Gasteiger partial charge on any atom is -0.342 e.